The highest BCUT2D eigenvalue weighted by atomic mass is 32.2. The first-order valence-corrected chi connectivity index (χ1v) is 12.1. The van der Waals surface area contributed by atoms with Crippen molar-refractivity contribution in [2.45, 2.75) is 17.5 Å². The Morgan fingerprint density at radius 2 is 1.89 bits per heavy atom. The molecule has 202 valence electrons. The van der Waals surface area contributed by atoms with Crippen LogP contribution in [-0.4, -0.2) is 98.3 Å². The lowest BCUT2D eigenvalue weighted by atomic mass is 10.1. The van der Waals surface area contributed by atoms with E-state index in [-0.39, 0.29) is 54.4 Å². The lowest BCUT2D eigenvalue weighted by molar-refractivity contribution is -0.192. The molecule has 0 saturated carbocycles. The summed E-state index contributed by atoms with van der Waals surface area (Å²) in [6.45, 7) is 2.48. The molecule has 0 aromatic carbocycles. The van der Waals surface area contributed by atoms with Gasteiger partial charge < -0.3 is 25.2 Å². The van der Waals surface area contributed by atoms with E-state index in [0.29, 0.717) is 39.1 Å². The summed E-state index contributed by atoms with van der Waals surface area (Å²) in [4.78, 5) is 27.2. The molecule has 2 saturated heterocycles. The van der Waals surface area contributed by atoms with Gasteiger partial charge in [0, 0.05) is 44.4 Å². The summed E-state index contributed by atoms with van der Waals surface area (Å²) in [7, 11) is -3.76. The van der Waals surface area contributed by atoms with Gasteiger partial charge in [-0.1, -0.05) is 0 Å². The normalized spacial score (nSPS) is 19.4. The van der Waals surface area contributed by atoms with Gasteiger partial charge >= 0.3 is 12.1 Å². The minimum Gasteiger partial charge on any atom is -0.475 e. The van der Waals surface area contributed by atoms with Crippen molar-refractivity contribution < 1.29 is 50.1 Å². The number of nitrogens with two attached hydrogens (primary N) is 1. The summed E-state index contributed by atoms with van der Waals surface area (Å²) in [5, 5.41) is 7.12. The van der Waals surface area contributed by atoms with E-state index in [0.717, 1.165) is 0 Å². The third kappa shape index (κ3) is 8.11. The van der Waals surface area contributed by atoms with Gasteiger partial charge in [-0.05, 0) is 12.5 Å². The van der Waals surface area contributed by atoms with Crippen LogP contribution in [0.15, 0.2) is 35.1 Å². The Morgan fingerprint density at radius 1 is 1.25 bits per heavy atom. The van der Waals surface area contributed by atoms with Crippen molar-refractivity contribution in [3.8, 4) is 5.88 Å². The van der Waals surface area contributed by atoms with Gasteiger partial charge in [-0.25, -0.2) is 22.6 Å². The Morgan fingerprint density at radius 3 is 2.39 bits per heavy atom. The fraction of sp³-hybridized carbons (Fsp3) is 0.550. The maximum atomic E-state index is 12.9. The second-order valence-corrected chi connectivity index (χ2v) is 9.62. The number of halogens is 4. The Bertz CT molecular complexity index is 1030. The van der Waals surface area contributed by atoms with E-state index in [2.05, 4.69) is 4.98 Å². The number of carboxylic acid groups (broad SMARTS) is 1. The predicted molar refractivity (Wildman–Crippen MR) is 116 cm³/mol. The molecule has 1 aromatic rings. The largest absolute Gasteiger partial charge is 0.490 e. The summed E-state index contributed by atoms with van der Waals surface area (Å²) >= 11 is 0. The molecule has 1 atom stereocenters. The van der Waals surface area contributed by atoms with Gasteiger partial charge in [-0.3, -0.25) is 4.79 Å². The van der Waals surface area contributed by atoms with Crippen molar-refractivity contribution in [3.63, 3.8) is 0 Å². The molecule has 11 nitrogen and oxygen atoms in total. The average molecular weight is 543 g/mol. The Balaban J connectivity index is 0.000000572. The van der Waals surface area contributed by atoms with Crippen LogP contribution in [0.5, 0.6) is 5.88 Å². The van der Waals surface area contributed by atoms with Gasteiger partial charge in [-0.2, -0.15) is 17.5 Å². The number of nitrogens with zero attached hydrogens (tertiary/aromatic N) is 3. The Labute approximate surface area is 204 Å². The van der Waals surface area contributed by atoms with E-state index < -0.39 is 22.2 Å². The molecule has 16 heteroatoms. The standard InChI is InChI=1S/C18H25FN4O5S.C2HF3O2/c19-9-14(10-20)13-28-17-2-1-16(11-21-17)29(25,26)23-4-3-15(12-23)18(24)22-5-7-27-8-6-22;3-2(4,5)1(6)7/h1-2,9,11,15H,3-8,10,12-13,20H2;(H,6,7)/b14-9+;/t15-;/m0./s1. The number of sulfonamides is 1. The molecule has 2 fully saturated rings. The quantitative estimate of drug-likeness (QED) is 0.476. The molecule has 3 rings (SSSR count). The maximum Gasteiger partial charge on any atom is 0.490 e. The predicted octanol–water partition coefficient (Wildman–Crippen LogP) is 0.775. The van der Waals surface area contributed by atoms with Gasteiger partial charge in [0.05, 0.1) is 31.7 Å². The zero-order valence-corrected chi connectivity index (χ0v) is 19.8. The second kappa shape index (κ2) is 12.9. The molecular formula is C20H26F4N4O7S. The number of carbonyl (C=O) groups excluding carboxylic acids is 1. The fourth-order valence-corrected chi connectivity index (χ4v) is 4.69. The first-order chi connectivity index (χ1) is 16.9. The Hall–Kier alpha value is -2.82. The number of carboxylic acids is 1. The molecule has 3 heterocycles. The topological polar surface area (TPSA) is 152 Å². The molecule has 3 N–H and O–H groups in total. The van der Waals surface area contributed by atoms with Crippen molar-refractivity contribution in [1.82, 2.24) is 14.2 Å². The number of hydrogen-bond donors (Lipinski definition) is 2. The van der Waals surface area contributed by atoms with Crippen LogP contribution in [0, 0.1) is 5.92 Å². The van der Waals surface area contributed by atoms with E-state index in [4.69, 9.17) is 25.1 Å². The van der Waals surface area contributed by atoms with Crippen molar-refractivity contribution in [3.05, 3.63) is 30.2 Å². The third-order valence-corrected chi connectivity index (χ3v) is 7.08. The van der Waals surface area contributed by atoms with Crippen molar-refractivity contribution in [2.75, 3.05) is 52.5 Å². The number of rotatable bonds is 7. The second-order valence-electron chi connectivity index (χ2n) is 7.68. The molecule has 1 amide bonds. The highest BCUT2D eigenvalue weighted by Gasteiger charge is 2.39. The molecular weight excluding hydrogens is 516 g/mol. The minimum atomic E-state index is -5.08. The minimum absolute atomic E-state index is 0.0161. The lowest BCUT2D eigenvalue weighted by Crippen LogP contribution is -2.44. The zero-order chi connectivity index (χ0) is 26.9. The molecule has 0 bridgehead atoms. The smallest absolute Gasteiger partial charge is 0.475 e. The van der Waals surface area contributed by atoms with Crippen LogP contribution in [0.1, 0.15) is 6.42 Å². The fourth-order valence-electron chi connectivity index (χ4n) is 3.25. The van der Waals surface area contributed by atoms with Crippen LogP contribution >= 0.6 is 0 Å². The molecule has 36 heavy (non-hydrogen) atoms. The van der Waals surface area contributed by atoms with Gasteiger partial charge in [0.1, 0.15) is 11.5 Å². The van der Waals surface area contributed by atoms with Gasteiger partial charge in [0.2, 0.25) is 21.8 Å². The number of morpholine rings is 1. The first kappa shape index (κ1) is 29.4. The van der Waals surface area contributed by atoms with Crippen LogP contribution < -0.4 is 10.5 Å². The number of hydrogen-bond acceptors (Lipinski definition) is 8. The van der Waals surface area contributed by atoms with Crippen molar-refractivity contribution in [1.29, 1.82) is 0 Å². The summed E-state index contributed by atoms with van der Waals surface area (Å²) < 4.78 is 81.8. The van der Waals surface area contributed by atoms with Crippen LogP contribution in [0.25, 0.3) is 0 Å². The summed E-state index contributed by atoms with van der Waals surface area (Å²) in [6.07, 6.45) is -3.02. The number of aliphatic carboxylic acids is 1. The summed E-state index contributed by atoms with van der Waals surface area (Å²) in [6, 6.07) is 2.79. The van der Waals surface area contributed by atoms with Gasteiger partial charge in [0.25, 0.3) is 0 Å². The SMILES string of the molecule is NC/C(=C\F)COc1ccc(S(=O)(=O)N2CC[C@H](C(=O)N3CCOCC3)C2)cn1.O=C(O)C(F)(F)F. The average Bonchev–Trinajstić information content (AvgIpc) is 3.36. The lowest BCUT2D eigenvalue weighted by Gasteiger charge is -2.29. The van der Waals surface area contributed by atoms with Crippen LogP contribution in [0.4, 0.5) is 17.6 Å². The van der Waals surface area contributed by atoms with Crippen molar-refractivity contribution >= 4 is 21.9 Å². The van der Waals surface area contributed by atoms with Crippen LogP contribution in [0.2, 0.25) is 0 Å². The highest BCUT2D eigenvalue weighted by molar-refractivity contribution is 7.89. The van der Waals surface area contributed by atoms with E-state index in [1.165, 1.54) is 22.6 Å². The van der Waals surface area contributed by atoms with Crippen LogP contribution in [0.3, 0.4) is 0 Å². The van der Waals surface area contributed by atoms with Gasteiger partial charge in [0.15, 0.2) is 0 Å². The molecule has 2 aliphatic heterocycles. The zero-order valence-electron chi connectivity index (χ0n) is 19.0. The molecule has 0 unspecified atom stereocenters. The number of alkyl halides is 3. The molecule has 0 radical (unpaired) electrons. The van der Waals surface area contributed by atoms with Crippen LogP contribution in [-0.2, 0) is 24.3 Å². The van der Waals surface area contributed by atoms with E-state index in [1.807, 2.05) is 0 Å². The third-order valence-electron chi connectivity index (χ3n) is 5.23. The molecule has 0 aliphatic carbocycles. The number of carbonyl (C=O) groups is 2. The number of pyridine rings is 1. The molecule has 0 spiro atoms. The summed E-state index contributed by atoms with van der Waals surface area (Å²) in [5.41, 5.74) is 5.61. The highest BCUT2D eigenvalue weighted by Crippen LogP contribution is 2.26. The Kier molecular flexibility index (Phi) is 10.6. The van der Waals surface area contributed by atoms with E-state index in [1.54, 1.807) is 4.90 Å². The maximum absolute atomic E-state index is 12.9. The monoisotopic (exact) mass is 542 g/mol. The number of aromatic nitrogens is 1. The van der Waals surface area contributed by atoms with Crippen molar-refractivity contribution in [2.24, 2.45) is 11.7 Å². The van der Waals surface area contributed by atoms with E-state index in [9.17, 15) is 30.8 Å². The van der Waals surface area contributed by atoms with E-state index >= 15 is 0 Å². The first-order valence-electron chi connectivity index (χ1n) is 10.6. The number of ether oxygens (including phenoxy) is 2. The number of amides is 1. The van der Waals surface area contributed by atoms with Gasteiger partial charge in [-0.15, -0.1) is 0 Å². The summed E-state index contributed by atoms with van der Waals surface area (Å²) in [5.74, 6) is -2.96. The molecule has 1 aromatic heterocycles. The molecule has 2 aliphatic rings.